The van der Waals surface area contributed by atoms with Crippen LogP contribution in [0.4, 0.5) is 0 Å². The summed E-state index contributed by atoms with van der Waals surface area (Å²) in [5, 5.41) is 4.32. The number of hydrogen-bond donors (Lipinski definition) is 0. The summed E-state index contributed by atoms with van der Waals surface area (Å²) < 4.78 is 1.92. The molecule has 0 saturated heterocycles. The molecule has 0 N–H and O–H groups in total. The fraction of sp³-hybridized carbons (Fsp3) is 0.250. The molecule has 0 unspecified atom stereocenters. The number of rotatable bonds is 2. The average Bonchev–Trinajstić information content (AvgIpc) is 2.66. The zero-order valence-electron chi connectivity index (χ0n) is 8.57. The monoisotopic (exact) mass is 186 g/mol. The van der Waals surface area contributed by atoms with E-state index in [9.17, 15) is 0 Å². The van der Waals surface area contributed by atoms with Crippen LogP contribution in [0.2, 0.25) is 0 Å². The Kier molecular flexibility index (Phi) is 2.35. The van der Waals surface area contributed by atoms with E-state index in [1.807, 2.05) is 10.9 Å². The van der Waals surface area contributed by atoms with Gasteiger partial charge in [0.15, 0.2) is 0 Å². The normalized spacial score (nSPS) is 10.4. The summed E-state index contributed by atoms with van der Waals surface area (Å²) in [6.07, 6.45) is 5.03. The molecule has 0 atom stereocenters. The molecule has 14 heavy (non-hydrogen) atoms. The van der Waals surface area contributed by atoms with Crippen LogP contribution in [0, 0.1) is 6.92 Å². The Morgan fingerprint density at radius 2 is 2.21 bits per heavy atom. The predicted molar refractivity (Wildman–Crippen MR) is 57.7 cm³/mol. The molecular formula is C12H14N2. The Balaban J connectivity index is 2.39. The quantitative estimate of drug-likeness (QED) is 0.705. The molecule has 0 radical (unpaired) electrons. The molecule has 2 rings (SSSR count). The molecule has 0 aliphatic carbocycles. The summed E-state index contributed by atoms with van der Waals surface area (Å²) in [6.45, 7) is 4.23. The number of hydrogen-bond acceptors (Lipinski definition) is 1. The van der Waals surface area contributed by atoms with Crippen LogP contribution in [0.5, 0.6) is 0 Å². The van der Waals surface area contributed by atoms with Gasteiger partial charge in [-0.1, -0.05) is 19.1 Å². The van der Waals surface area contributed by atoms with Gasteiger partial charge in [-0.3, -0.25) is 0 Å². The molecule has 0 fully saturated rings. The van der Waals surface area contributed by atoms with Crippen LogP contribution in [-0.4, -0.2) is 9.78 Å². The van der Waals surface area contributed by atoms with E-state index in [1.165, 1.54) is 11.1 Å². The fourth-order valence-corrected chi connectivity index (χ4v) is 1.45. The van der Waals surface area contributed by atoms with Crippen molar-refractivity contribution in [2.45, 2.75) is 20.3 Å². The highest BCUT2D eigenvalue weighted by atomic mass is 15.3. The Morgan fingerprint density at radius 1 is 1.36 bits per heavy atom. The van der Waals surface area contributed by atoms with Crippen molar-refractivity contribution >= 4 is 0 Å². The van der Waals surface area contributed by atoms with E-state index >= 15 is 0 Å². The number of aryl methyl sites for hydroxylation is 2. The van der Waals surface area contributed by atoms with Gasteiger partial charge in [-0.05, 0) is 36.6 Å². The minimum absolute atomic E-state index is 1.03. The van der Waals surface area contributed by atoms with E-state index in [0.29, 0.717) is 0 Å². The van der Waals surface area contributed by atoms with Gasteiger partial charge in [0, 0.05) is 6.20 Å². The number of aromatic nitrogens is 2. The minimum Gasteiger partial charge on any atom is -0.241 e. The van der Waals surface area contributed by atoms with Crippen LogP contribution in [-0.2, 0) is 6.42 Å². The SMILES string of the molecule is CCc1cnn(-c2cccc(C)c2)c1. The van der Waals surface area contributed by atoms with E-state index in [-0.39, 0.29) is 0 Å². The first kappa shape index (κ1) is 9.00. The first-order valence-electron chi connectivity index (χ1n) is 4.90. The van der Waals surface area contributed by atoms with Crippen LogP contribution < -0.4 is 0 Å². The molecule has 1 aromatic heterocycles. The van der Waals surface area contributed by atoms with Crippen LogP contribution in [0.25, 0.3) is 5.69 Å². The smallest absolute Gasteiger partial charge is 0.0648 e. The molecule has 0 spiro atoms. The fourth-order valence-electron chi connectivity index (χ4n) is 1.45. The molecular weight excluding hydrogens is 172 g/mol. The van der Waals surface area contributed by atoms with Crippen molar-refractivity contribution in [3.8, 4) is 5.69 Å². The van der Waals surface area contributed by atoms with E-state index in [1.54, 1.807) is 0 Å². The maximum atomic E-state index is 4.32. The lowest BCUT2D eigenvalue weighted by atomic mass is 10.2. The molecule has 1 heterocycles. The Bertz CT molecular complexity index is 429. The molecule has 1 aromatic carbocycles. The molecule has 72 valence electrons. The van der Waals surface area contributed by atoms with E-state index < -0.39 is 0 Å². The lowest BCUT2D eigenvalue weighted by Gasteiger charge is -2.01. The molecule has 0 saturated carbocycles. The third-order valence-corrected chi connectivity index (χ3v) is 2.31. The van der Waals surface area contributed by atoms with Crippen molar-refractivity contribution in [1.29, 1.82) is 0 Å². The van der Waals surface area contributed by atoms with Crippen molar-refractivity contribution in [3.05, 3.63) is 47.8 Å². The van der Waals surface area contributed by atoms with Crippen molar-refractivity contribution in [2.75, 3.05) is 0 Å². The molecule has 2 heteroatoms. The lowest BCUT2D eigenvalue weighted by Crippen LogP contribution is -1.93. The summed E-state index contributed by atoms with van der Waals surface area (Å²) in [7, 11) is 0. The van der Waals surface area contributed by atoms with Crippen LogP contribution in [0.15, 0.2) is 36.7 Å². The highest BCUT2D eigenvalue weighted by Gasteiger charge is 1.98. The molecule has 2 aromatic rings. The van der Waals surface area contributed by atoms with Crippen molar-refractivity contribution in [3.63, 3.8) is 0 Å². The molecule has 2 nitrogen and oxygen atoms in total. The highest BCUT2D eigenvalue weighted by Crippen LogP contribution is 2.10. The van der Waals surface area contributed by atoms with Crippen molar-refractivity contribution in [1.82, 2.24) is 9.78 Å². The van der Waals surface area contributed by atoms with E-state index in [0.717, 1.165) is 12.1 Å². The first-order valence-corrected chi connectivity index (χ1v) is 4.90. The second-order valence-corrected chi connectivity index (χ2v) is 3.49. The standard InChI is InChI=1S/C12H14N2/c1-3-11-8-13-14(9-11)12-6-4-5-10(2)7-12/h4-9H,3H2,1-2H3. The number of nitrogens with zero attached hydrogens (tertiary/aromatic N) is 2. The highest BCUT2D eigenvalue weighted by molar-refractivity contribution is 5.34. The third-order valence-electron chi connectivity index (χ3n) is 2.31. The van der Waals surface area contributed by atoms with Gasteiger partial charge >= 0.3 is 0 Å². The van der Waals surface area contributed by atoms with Crippen LogP contribution in [0.3, 0.4) is 0 Å². The van der Waals surface area contributed by atoms with Gasteiger partial charge in [-0.2, -0.15) is 5.10 Å². The van der Waals surface area contributed by atoms with Crippen LogP contribution >= 0.6 is 0 Å². The Labute approximate surface area is 84.2 Å². The van der Waals surface area contributed by atoms with Gasteiger partial charge in [0.2, 0.25) is 0 Å². The summed E-state index contributed by atoms with van der Waals surface area (Å²) in [5.74, 6) is 0. The topological polar surface area (TPSA) is 17.8 Å². The van der Waals surface area contributed by atoms with E-state index in [2.05, 4.69) is 49.4 Å². The summed E-state index contributed by atoms with van der Waals surface area (Å²) >= 11 is 0. The van der Waals surface area contributed by atoms with Crippen molar-refractivity contribution < 1.29 is 0 Å². The second-order valence-electron chi connectivity index (χ2n) is 3.49. The largest absolute Gasteiger partial charge is 0.241 e. The average molecular weight is 186 g/mol. The van der Waals surface area contributed by atoms with Gasteiger partial charge in [-0.15, -0.1) is 0 Å². The maximum Gasteiger partial charge on any atom is 0.0648 e. The van der Waals surface area contributed by atoms with Gasteiger partial charge in [0.1, 0.15) is 0 Å². The molecule has 0 aliphatic heterocycles. The molecule has 0 aliphatic rings. The van der Waals surface area contributed by atoms with E-state index in [4.69, 9.17) is 0 Å². The predicted octanol–water partition coefficient (Wildman–Crippen LogP) is 2.74. The minimum atomic E-state index is 1.03. The van der Waals surface area contributed by atoms with Gasteiger partial charge in [-0.25, -0.2) is 4.68 Å². The summed E-state index contributed by atoms with van der Waals surface area (Å²) in [4.78, 5) is 0. The molecule has 0 amide bonds. The summed E-state index contributed by atoms with van der Waals surface area (Å²) in [6, 6.07) is 8.34. The number of benzene rings is 1. The van der Waals surface area contributed by atoms with Gasteiger partial charge in [0.25, 0.3) is 0 Å². The van der Waals surface area contributed by atoms with Crippen LogP contribution in [0.1, 0.15) is 18.1 Å². The second kappa shape index (κ2) is 3.66. The molecule has 0 bridgehead atoms. The van der Waals surface area contributed by atoms with Gasteiger partial charge in [0.05, 0.1) is 11.9 Å². The van der Waals surface area contributed by atoms with Crippen molar-refractivity contribution in [2.24, 2.45) is 0 Å². The summed E-state index contributed by atoms with van der Waals surface area (Å²) in [5.41, 5.74) is 3.66. The lowest BCUT2D eigenvalue weighted by molar-refractivity contribution is 0.878. The zero-order chi connectivity index (χ0) is 9.97. The maximum absolute atomic E-state index is 4.32. The first-order chi connectivity index (χ1) is 6.79. The zero-order valence-corrected chi connectivity index (χ0v) is 8.57. The van der Waals surface area contributed by atoms with Gasteiger partial charge < -0.3 is 0 Å². The Morgan fingerprint density at radius 3 is 2.86 bits per heavy atom. The third kappa shape index (κ3) is 1.69. The Hall–Kier alpha value is -1.57.